The quantitative estimate of drug-likeness (QED) is 0.439. The van der Waals surface area contributed by atoms with Gasteiger partial charge in [-0.2, -0.15) is 0 Å². The molecule has 0 saturated heterocycles. The Bertz CT molecular complexity index is 992. The Balaban J connectivity index is 2.32. The molecule has 6 heteroatoms. The minimum atomic E-state index is -0.965. The van der Waals surface area contributed by atoms with Crippen LogP contribution in [0.4, 0.5) is 17.1 Å². The van der Waals surface area contributed by atoms with E-state index in [2.05, 4.69) is 5.32 Å². The molecule has 1 heterocycles. The van der Waals surface area contributed by atoms with E-state index in [1.165, 1.54) is 0 Å². The van der Waals surface area contributed by atoms with Crippen molar-refractivity contribution in [2.24, 2.45) is 0 Å². The number of aryl methyl sites for hydroxylation is 2. The molecule has 0 radical (unpaired) electrons. The number of nitrogens with zero attached hydrogens (tertiary/aromatic N) is 1. The van der Waals surface area contributed by atoms with Crippen LogP contribution in [0, 0.1) is 17.0 Å². The summed E-state index contributed by atoms with van der Waals surface area (Å²) in [5.41, 5.74) is 1.66. The van der Waals surface area contributed by atoms with Crippen LogP contribution in [0.15, 0.2) is 51.7 Å². The molecule has 0 aliphatic heterocycles. The molecular weight excluding hydrogens is 308 g/mol. The molecule has 0 aliphatic carbocycles. The molecule has 122 valence electrons. The van der Waals surface area contributed by atoms with E-state index in [1.807, 2.05) is 32.0 Å². The van der Waals surface area contributed by atoms with Crippen molar-refractivity contribution in [2.45, 2.75) is 20.3 Å². The molecule has 1 aromatic heterocycles. The third kappa shape index (κ3) is 2.62. The normalized spacial score (nSPS) is 10.8. The van der Waals surface area contributed by atoms with E-state index in [4.69, 9.17) is 4.42 Å². The molecule has 2 aromatic carbocycles. The monoisotopic (exact) mass is 324 g/mol. The summed E-state index contributed by atoms with van der Waals surface area (Å²) in [4.78, 5) is 22.8. The largest absolute Gasteiger partial charge is 0.418 e. The van der Waals surface area contributed by atoms with Gasteiger partial charge in [0.1, 0.15) is 11.3 Å². The summed E-state index contributed by atoms with van der Waals surface area (Å²) in [6.45, 7) is 3.92. The molecular formula is C18H16N2O4. The van der Waals surface area contributed by atoms with E-state index in [0.717, 1.165) is 23.2 Å². The maximum absolute atomic E-state index is 12.1. The molecule has 0 spiro atoms. The molecule has 3 rings (SSSR count). The van der Waals surface area contributed by atoms with Gasteiger partial charge in [0.15, 0.2) is 0 Å². The summed E-state index contributed by atoms with van der Waals surface area (Å²) in [7, 11) is 0. The average molecular weight is 324 g/mol. The first kappa shape index (κ1) is 15.7. The zero-order valence-corrected chi connectivity index (χ0v) is 13.3. The highest BCUT2D eigenvalue weighted by molar-refractivity contribution is 5.96. The number of hydrogen-bond acceptors (Lipinski definition) is 5. The lowest BCUT2D eigenvalue weighted by Gasteiger charge is -2.15. The maximum Gasteiger partial charge on any atom is 0.417 e. The van der Waals surface area contributed by atoms with Gasteiger partial charge in [0.05, 0.1) is 4.92 Å². The van der Waals surface area contributed by atoms with E-state index in [1.54, 1.807) is 24.3 Å². The molecule has 0 saturated carbocycles. The van der Waals surface area contributed by atoms with Crippen molar-refractivity contribution in [3.8, 4) is 0 Å². The predicted octanol–water partition coefficient (Wildman–Crippen LogP) is 4.32. The number of benzene rings is 2. The second-order valence-corrected chi connectivity index (χ2v) is 5.45. The van der Waals surface area contributed by atoms with Crippen molar-refractivity contribution in [1.82, 2.24) is 0 Å². The fraction of sp³-hybridized carbons (Fsp3) is 0.167. The summed E-state index contributed by atoms with van der Waals surface area (Å²) >= 11 is 0. The van der Waals surface area contributed by atoms with Crippen LogP contribution in [-0.2, 0) is 6.42 Å². The van der Waals surface area contributed by atoms with Crippen LogP contribution in [-0.4, -0.2) is 4.92 Å². The van der Waals surface area contributed by atoms with Crippen LogP contribution in [0.5, 0.6) is 0 Å². The highest BCUT2D eigenvalue weighted by atomic mass is 16.6. The zero-order valence-electron chi connectivity index (χ0n) is 13.3. The molecule has 0 fully saturated rings. The first-order valence-electron chi connectivity index (χ1n) is 7.58. The third-order valence-corrected chi connectivity index (χ3v) is 3.96. The fourth-order valence-electron chi connectivity index (χ4n) is 2.76. The van der Waals surface area contributed by atoms with Crippen LogP contribution in [0.1, 0.15) is 18.1 Å². The maximum atomic E-state index is 12.1. The predicted molar refractivity (Wildman–Crippen MR) is 93.0 cm³/mol. The number of fused-ring (bicyclic) bond motifs is 1. The lowest BCUT2D eigenvalue weighted by Crippen LogP contribution is -2.11. The first-order valence-corrected chi connectivity index (χ1v) is 7.58. The van der Waals surface area contributed by atoms with Crippen molar-refractivity contribution in [3.63, 3.8) is 0 Å². The van der Waals surface area contributed by atoms with E-state index < -0.39 is 16.2 Å². The second-order valence-electron chi connectivity index (χ2n) is 5.45. The van der Waals surface area contributed by atoms with Crippen LogP contribution in [0.3, 0.4) is 0 Å². The first-order chi connectivity index (χ1) is 11.5. The van der Waals surface area contributed by atoms with Gasteiger partial charge in [0.2, 0.25) is 0 Å². The summed E-state index contributed by atoms with van der Waals surface area (Å²) < 4.78 is 5.08. The van der Waals surface area contributed by atoms with E-state index >= 15 is 0 Å². The van der Waals surface area contributed by atoms with Gasteiger partial charge in [0.25, 0.3) is 0 Å². The van der Waals surface area contributed by atoms with Crippen LogP contribution < -0.4 is 10.9 Å². The van der Waals surface area contributed by atoms with Crippen LogP contribution >= 0.6 is 0 Å². The Hall–Kier alpha value is -3.15. The number of nitro groups is 1. The molecule has 1 N–H and O–H groups in total. The highest BCUT2D eigenvalue weighted by Gasteiger charge is 2.25. The average Bonchev–Trinajstić information content (AvgIpc) is 2.56. The third-order valence-electron chi connectivity index (χ3n) is 3.96. The number of para-hydroxylation sites is 2. The Morgan fingerprint density at radius 1 is 1.12 bits per heavy atom. The Morgan fingerprint density at radius 3 is 2.58 bits per heavy atom. The fourth-order valence-corrected chi connectivity index (χ4v) is 2.76. The van der Waals surface area contributed by atoms with Gasteiger partial charge in [-0.05, 0) is 36.6 Å². The molecule has 0 aliphatic rings. The van der Waals surface area contributed by atoms with Crippen molar-refractivity contribution in [3.05, 3.63) is 74.1 Å². The summed E-state index contributed by atoms with van der Waals surface area (Å²) in [6, 6.07) is 12.6. The molecule has 6 nitrogen and oxygen atoms in total. The van der Waals surface area contributed by atoms with Crippen molar-refractivity contribution >= 4 is 28.0 Å². The molecule has 0 amide bonds. The molecule has 0 bridgehead atoms. The van der Waals surface area contributed by atoms with E-state index in [-0.39, 0.29) is 5.69 Å². The van der Waals surface area contributed by atoms with Gasteiger partial charge >= 0.3 is 11.3 Å². The van der Waals surface area contributed by atoms with Gasteiger partial charge in [-0.15, -0.1) is 0 Å². The molecule has 24 heavy (non-hydrogen) atoms. The van der Waals surface area contributed by atoms with E-state index in [9.17, 15) is 14.9 Å². The lowest BCUT2D eigenvalue weighted by molar-refractivity contribution is -0.386. The lowest BCUT2D eigenvalue weighted by atomic mass is 10.0. The standard InChI is InChI=1S/C18H16N2O4/c1-3-12-8-6-7-11(2)15(12)19-16-13-9-4-5-10-14(13)24-18(21)17(16)20(22)23/h4-10,19H,3H2,1-2H3. The van der Waals surface area contributed by atoms with Crippen LogP contribution in [0.25, 0.3) is 11.0 Å². The molecule has 0 atom stereocenters. The second kappa shape index (κ2) is 6.16. The molecule has 3 aromatic rings. The van der Waals surface area contributed by atoms with E-state index in [0.29, 0.717) is 11.0 Å². The van der Waals surface area contributed by atoms with Crippen LogP contribution in [0.2, 0.25) is 0 Å². The number of hydrogen-bond donors (Lipinski definition) is 1. The minimum Gasteiger partial charge on any atom is -0.418 e. The zero-order chi connectivity index (χ0) is 17.3. The minimum absolute atomic E-state index is 0.163. The van der Waals surface area contributed by atoms with Gasteiger partial charge < -0.3 is 9.73 Å². The van der Waals surface area contributed by atoms with Crippen molar-refractivity contribution in [1.29, 1.82) is 0 Å². The highest BCUT2D eigenvalue weighted by Crippen LogP contribution is 2.34. The summed E-state index contributed by atoms with van der Waals surface area (Å²) in [6.07, 6.45) is 0.761. The SMILES string of the molecule is CCc1cccc(C)c1Nc1c([N+](=O)[O-])c(=O)oc2ccccc12. The topological polar surface area (TPSA) is 85.4 Å². The summed E-state index contributed by atoms with van der Waals surface area (Å²) in [5, 5.41) is 15.0. The summed E-state index contributed by atoms with van der Waals surface area (Å²) in [5.74, 6) is 0. The smallest absolute Gasteiger partial charge is 0.417 e. The van der Waals surface area contributed by atoms with Gasteiger partial charge in [-0.3, -0.25) is 10.1 Å². The Labute approximate surface area is 137 Å². The Morgan fingerprint density at radius 2 is 1.88 bits per heavy atom. The van der Waals surface area contributed by atoms with Gasteiger partial charge in [-0.25, -0.2) is 4.79 Å². The van der Waals surface area contributed by atoms with Gasteiger partial charge in [0, 0.05) is 11.1 Å². The van der Waals surface area contributed by atoms with Crippen molar-refractivity contribution in [2.75, 3.05) is 5.32 Å². The van der Waals surface area contributed by atoms with Gasteiger partial charge in [-0.1, -0.05) is 37.3 Å². The number of nitrogens with one attached hydrogen (secondary N) is 1. The number of rotatable bonds is 4. The van der Waals surface area contributed by atoms with Crippen molar-refractivity contribution < 1.29 is 9.34 Å². The Kier molecular flexibility index (Phi) is 4.04. The number of anilines is 2. The molecule has 0 unspecified atom stereocenters.